The van der Waals surface area contributed by atoms with E-state index in [9.17, 15) is 14.0 Å². The first-order chi connectivity index (χ1) is 10.5. The Kier molecular flexibility index (Phi) is 5.52. The van der Waals surface area contributed by atoms with Crippen molar-refractivity contribution in [1.29, 1.82) is 0 Å². The van der Waals surface area contributed by atoms with Gasteiger partial charge < -0.3 is 10.1 Å². The lowest BCUT2D eigenvalue weighted by atomic mass is 10.0. The highest BCUT2D eigenvalue weighted by Gasteiger charge is 2.29. The molecule has 0 aromatic heterocycles. The fourth-order valence-electron chi connectivity index (χ4n) is 2.39. The van der Waals surface area contributed by atoms with Gasteiger partial charge in [0.25, 0.3) is 5.91 Å². The third kappa shape index (κ3) is 5.13. The van der Waals surface area contributed by atoms with E-state index in [1.54, 1.807) is 19.1 Å². The molecule has 1 aliphatic carbocycles. The Morgan fingerprint density at radius 1 is 1.36 bits per heavy atom. The Morgan fingerprint density at radius 3 is 2.73 bits per heavy atom. The molecular weight excluding hydrogens is 285 g/mol. The summed E-state index contributed by atoms with van der Waals surface area (Å²) in [6.07, 6.45) is 2.68. The minimum Gasteiger partial charge on any atom is -0.455 e. The van der Waals surface area contributed by atoms with Gasteiger partial charge in [-0.1, -0.05) is 19.1 Å². The Bertz CT molecular complexity index is 542. The topological polar surface area (TPSA) is 55.4 Å². The van der Waals surface area contributed by atoms with Crippen molar-refractivity contribution in [3.63, 3.8) is 0 Å². The number of carbonyl (C=O) groups is 2. The lowest BCUT2D eigenvalue weighted by Gasteiger charge is -2.14. The minimum absolute atomic E-state index is 0.135. The van der Waals surface area contributed by atoms with Gasteiger partial charge in [0.2, 0.25) is 0 Å². The predicted octanol–water partition coefficient (Wildman–Crippen LogP) is 2.46. The van der Waals surface area contributed by atoms with Crippen molar-refractivity contribution < 1.29 is 18.7 Å². The summed E-state index contributed by atoms with van der Waals surface area (Å²) in [5.41, 5.74) is 0.733. The van der Waals surface area contributed by atoms with E-state index < -0.39 is 11.9 Å². The third-order valence-electron chi connectivity index (χ3n) is 3.90. The second-order valence-electron chi connectivity index (χ2n) is 6.04. The zero-order chi connectivity index (χ0) is 16.1. The molecule has 2 rings (SSSR count). The molecule has 120 valence electrons. The van der Waals surface area contributed by atoms with Crippen LogP contribution in [0.25, 0.3) is 0 Å². The van der Waals surface area contributed by atoms with Crippen LogP contribution in [0.1, 0.15) is 32.3 Å². The molecule has 5 heteroatoms. The van der Waals surface area contributed by atoms with Gasteiger partial charge in [0.15, 0.2) is 6.61 Å². The maximum atomic E-state index is 13.1. The van der Waals surface area contributed by atoms with Crippen LogP contribution in [0.15, 0.2) is 24.3 Å². The van der Waals surface area contributed by atoms with Crippen LogP contribution >= 0.6 is 0 Å². The van der Waals surface area contributed by atoms with Crippen LogP contribution in [0, 0.1) is 17.7 Å². The van der Waals surface area contributed by atoms with E-state index in [1.807, 2.05) is 6.92 Å². The Labute approximate surface area is 130 Å². The Hall–Kier alpha value is -1.91. The number of carbonyl (C=O) groups excluding carboxylic acids is 2. The van der Waals surface area contributed by atoms with E-state index in [0.29, 0.717) is 12.3 Å². The van der Waals surface area contributed by atoms with Gasteiger partial charge in [0, 0.05) is 6.04 Å². The maximum absolute atomic E-state index is 13.1. The van der Waals surface area contributed by atoms with Crippen molar-refractivity contribution in [2.75, 3.05) is 6.61 Å². The fraction of sp³-hybridized carbons (Fsp3) is 0.529. The Balaban J connectivity index is 1.72. The highest BCUT2D eigenvalue weighted by Crippen LogP contribution is 2.32. The number of amides is 1. The fourth-order valence-corrected chi connectivity index (χ4v) is 2.39. The van der Waals surface area contributed by atoms with Crippen molar-refractivity contribution in [3.8, 4) is 0 Å². The SMILES string of the molecule is CC(Cc1cccc(F)c1)C(=O)OCC(=O)NC(C)C1CC1. The van der Waals surface area contributed by atoms with E-state index in [1.165, 1.54) is 12.1 Å². The number of benzene rings is 1. The van der Waals surface area contributed by atoms with Gasteiger partial charge in [-0.3, -0.25) is 9.59 Å². The quantitative estimate of drug-likeness (QED) is 0.787. The van der Waals surface area contributed by atoms with Gasteiger partial charge in [-0.2, -0.15) is 0 Å². The van der Waals surface area contributed by atoms with Crippen LogP contribution in [0.3, 0.4) is 0 Å². The summed E-state index contributed by atoms with van der Waals surface area (Å²) in [5, 5.41) is 2.83. The van der Waals surface area contributed by atoms with Crippen molar-refractivity contribution in [1.82, 2.24) is 5.32 Å². The standard InChI is InChI=1S/C17H22FNO3/c1-11(8-13-4-3-5-15(18)9-13)17(21)22-10-16(20)19-12(2)14-6-7-14/h3-5,9,11-12,14H,6-8,10H2,1-2H3,(H,19,20). The van der Waals surface area contributed by atoms with E-state index in [2.05, 4.69) is 5.32 Å². The first kappa shape index (κ1) is 16.5. The molecule has 2 atom stereocenters. The van der Waals surface area contributed by atoms with Gasteiger partial charge in [-0.25, -0.2) is 4.39 Å². The molecule has 0 saturated heterocycles. The van der Waals surface area contributed by atoms with E-state index in [0.717, 1.165) is 18.4 Å². The average molecular weight is 307 g/mol. The van der Waals surface area contributed by atoms with E-state index in [4.69, 9.17) is 4.74 Å². The molecule has 1 N–H and O–H groups in total. The summed E-state index contributed by atoms with van der Waals surface area (Å²) >= 11 is 0. The molecule has 1 aromatic rings. The van der Waals surface area contributed by atoms with Gasteiger partial charge in [-0.15, -0.1) is 0 Å². The lowest BCUT2D eigenvalue weighted by molar-refractivity contribution is -0.152. The van der Waals surface area contributed by atoms with E-state index in [-0.39, 0.29) is 24.4 Å². The smallest absolute Gasteiger partial charge is 0.309 e. The van der Waals surface area contributed by atoms with E-state index >= 15 is 0 Å². The summed E-state index contributed by atoms with van der Waals surface area (Å²) in [5.74, 6) is -0.905. The van der Waals surface area contributed by atoms with Crippen molar-refractivity contribution >= 4 is 11.9 Å². The van der Waals surface area contributed by atoms with Crippen LogP contribution in [0.5, 0.6) is 0 Å². The number of halogens is 1. The summed E-state index contributed by atoms with van der Waals surface area (Å²) in [7, 11) is 0. The number of ether oxygens (including phenoxy) is 1. The number of rotatable bonds is 7. The van der Waals surface area contributed by atoms with Gasteiger partial charge >= 0.3 is 5.97 Å². The summed E-state index contributed by atoms with van der Waals surface area (Å²) in [4.78, 5) is 23.6. The highest BCUT2D eigenvalue weighted by atomic mass is 19.1. The second kappa shape index (κ2) is 7.38. The average Bonchev–Trinajstić information content (AvgIpc) is 3.29. The minimum atomic E-state index is -0.446. The summed E-state index contributed by atoms with van der Waals surface area (Å²) in [6, 6.07) is 6.26. The molecule has 2 unspecified atom stereocenters. The molecular formula is C17H22FNO3. The molecule has 0 spiro atoms. The summed E-state index contributed by atoms with van der Waals surface area (Å²) in [6.45, 7) is 3.41. The molecule has 22 heavy (non-hydrogen) atoms. The zero-order valence-corrected chi connectivity index (χ0v) is 13.0. The molecule has 1 amide bonds. The normalized spacial score (nSPS) is 16.7. The van der Waals surface area contributed by atoms with Crippen molar-refractivity contribution in [2.24, 2.45) is 11.8 Å². The van der Waals surface area contributed by atoms with Crippen LogP contribution in [-0.2, 0) is 20.7 Å². The molecule has 1 aliphatic rings. The first-order valence-corrected chi connectivity index (χ1v) is 7.66. The van der Waals surface area contributed by atoms with Crippen molar-refractivity contribution in [3.05, 3.63) is 35.6 Å². The third-order valence-corrected chi connectivity index (χ3v) is 3.90. The second-order valence-corrected chi connectivity index (χ2v) is 6.04. The van der Waals surface area contributed by atoms with Crippen LogP contribution in [0.2, 0.25) is 0 Å². The first-order valence-electron chi connectivity index (χ1n) is 7.66. The van der Waals surface area contributed by atoms with Crippen LogP contribution in [0.4, 0.5) is 4.39 Å². The number of hydrogen-bond acceptors (Lipinski definition) is 3. The van der Waals surface area contributed by atoms with Crippen molar-refractivity contribution in [2.45, 2.75) is 39.2 Å². The molecule has 0 bridgehead atoms. The number of hydrogen-bond donors (Lipinski definition) is 1. The monoisotopic (exact) mass is 307 g/mol. The largest absolute Gasteiger partial charge is 0.455 e. The summed E-state index contributed by atoms with van der Waals surface area (Å²) < 4.78 is 18.1. The maximum Gasteiger partial charge on any atom is 0.309 e. The number of esters is 1. The van der Waals surface area contributed by atoms with Crippen LogP contribution < -0.4 is 5.32 Å². The molecule has 1 fully saturated rings. The zero-order valence-electron chi connectivity index (χ0n) is 13.0. The van der Waals surface area contributed by atoms with Crippen LogP contribution in [-0.4, -0.2) is 24.5 Å². The highest BCUT2D eigenvalue weighted by molar-refractivity contribution is 5.81. The van der Waals surface area contributed by atoms with Gasteiger partial charge in [0.05, 0.1) is 5.92 Å². The molecule has 0 radical (unpaired) electrons. The molecule has 1 saturated carbocycles. The lowest BCUT2D eigenvalue weighted by Crippen LogP contribution is -2.37. The Morgan fingerprint density at radius 2 is 2.09 bits per heavy atom. The molecule has 0 aliphatic heterocycles. The molecule has 1 aromatic carbocycles. The van der Waals surface area contributed by atoms with Gasteiger partial charge in [-0.05, 0) is 49.8 Å². The molecule has 0 heterocycles. The predicted molar refractivity (Wildman–Crippen MR) is 80.6 cm³/mol. The number of nitrogens with one attached hydrogen (secondary N) is 1. The molecule has 4 nitrogen and oxygen atoms in total. The van der Waals surface area contributed by atoms with Gasteiger partial charge in [0.1, 0.15) is 5.82 Å².